The number of hydrogen-bond donors (Lipinski definition) is 1. The molecule has 0 aliphatic rings. The molecule has 0 fully saturated rings. The summed E-state index contributed by atoms with van der Waals surface area (Å²) >= 11 is 6.09. The van der Waals surface area contributed by atoms with Crippen LogP contribution >= 0.6 is 11.6 Å². The van der Waals surface area contributed by atoms with Gasteiger partial charge in [0, 0.05) is 17.1 Å². The van der Waals surface area contributed by atoms with E-state index in [9.17, 15) is 0 Å². The lowest BCUT2D eigenvalue weighted by Crippen LogP contribution is -2.36. The molecule has 0 saturated heterocycles. The number of rotatable bonds is 3. The van der Waals surface area contributed by atoms with E-state index in [0.29, 0.717) is 0 Å². The third-order valence-electron chi connectivity index (χ3n) is 2.20. The van der Waals surface area contributed by atoms with E-state index in [0.717, 1.165) is 17.1 Å². The average Bonchev–Trinajstić information content (AvgIpc) is 2.18. The Hall–Kier alpha value is -0.790. The summed E-state index contributed by atoms with van der Waals surface area (Å²) in [6.45, 7) is 9.48. The second-order valence-electron chi connectivity index (χ2n) is 5.12. The van der Waals surface area contributed by atoms with E-state index in [4.69, 9.17) is 11.6 Å². The fourth-order valence-electron chi connectivity index (χ4n) is 1.31. The van der Waals surface area contributed by atoms with Gasteiger partial charge in [0.15, 0.2) is 0 Å². The summed E-state index contributed by atoms with van der Waals surface area (Å²) in [7, 11) is 0. The maximum Gasteiger partial charge on any atom is 0.0478 e. The zero-order valence-electron chi connectivity index (χ0n) is 10.5. The van der Waals surface area contributed by atoms with E-state index in [-0.39, 0.29) is 5.54 Å². The molecule has 0 atom stereocenters. The molecule has 0 spiro atoms. The molecule has 0 aliphatic carbocycles. The van der Waals surface area contributed by atoms with Crippen LogP contribution in [-0.2, 0) is 0 Å². The van der Waals surface area contributed by atoms with Crippen molar-refractivity contribution >= 4 is 17.7 Å². The Morgan fingerprint density at radius 2 is 1.94 bits per heavy atom. The maximum atomic E-state index is 6.09. The molecule has 1 aromatic carbocycles. The Kier molecular flexibility index (Phi) is 4.57. The highest BCUT2D eigenvalue weighted by atomic mass is 35.5. The van der Waals surface area contributed by atoms with Crippen molar-refractivity contribution < 1.29 is 0 Å². The number of hydrogen-bond acceptors (Lipinski definition) is 1. The Labute approximate surface area is 104 Å². The summed E-state index contributed by atoms with van der Waals surface area (Å²) in [5.41, 5.74) is 2.51. The SMILES string of the molecule is CC(=Cc1ccccc1Cl)CNC(C)(C)C. The third-order valence-corrected chi connectivity index (χ3v) is 2.55. The van der Waals surface area contributed by atoms with Crippen LogP contribution < -0.4 is 5.32 Å². The standard InChI is InChI=1S/C14H20ClN/c1-11(10-16-14(2,3)4)9-12-7-5-6-8-13(12)15/h5-9,16H,10H2,1-4H3. The Balaban J connectivity index is 2.67. The van der Waals surface area contributed by atoms with Gasteiger partial charge in [0.05, 0.1) is 0 Å². The van der Waals surface area contributed by atoms with E-state index in [1.165, 1.54) is 5.57 Å². The number of nitrogens with one attached hydrogen (secondary N) is 1. The summed E-state index contributed by atoms with van der Waals surface area (Å²) < 4.78 is 0. The molecule has 2 heteroatoms. The Bertz CT molecular complexity index is 375. The van der Waals surface area contributed by atoms with Crippen molar-refractivity contribution in [1.29, 1.82) is 0 Å². The molecule has 0 unspecified atom stereocenters. The second kappa shape index (κ2) is 5.51. The van der Waals surface area contributed by atoms with E-state index in [1.54, 1.807) is 0 Å². The molecule has 1 aromatic rings. The molecule has 0 aromatic heterocycles. The topological polar surface area (TPSA) is 12.0 Å². The van der Waals surface area contributed by atoms with Crippen LogP contribution in [0.15, 0.2) is 29.8 Å². The highest BCUT2D eigenvalue weighted by Crippen LogP contribution is 2.18. The average molecular weight is 238 g/mol. The van der Waals surface area contributed by atoms with Gasteiger partial charge >= 0.3 is 0 Å². The highest BCUT2D eigenvalue weighted by Gasteiger charge is 2.07. The van der Waals surface area contributed by atoms with Gasteiger partial charge in [0.25, 0.3) is 0 Å². The molecule has 0 aliphatic heterocycles. The molecule has 0 saturated carbocycles. The molecule has 16 heavy (non-hydrogen) atoms. The lowest BCUT2D eigenvalue weighted by atomic mass is 10.1. The summed E-state index contributed by atoms with van der Waals surface area (Å²) in [6, 6.07) is 7.89. The van der Waals surface area contributed by atoms with Crippen LogP contribution in [0.5, 0.6) is 0 Å². The Morgan fingerprint density at radius 3 is 2.50 bits per heavy atom. The van der Waals surface area contributed by atoms with E-state index in [2.05, 4.69) is 39.1 Å². The van der Waals surface area contributed by atoms with Gasteiger partial charge < -0.3 is 5.32 Å². The quantitative estimate of drug-likeness (QED) is 0.834. The van der Waals surface area contributed by atoms with Crippen molar-refractivity contribution in [1.82, 2.24) is 5.32 Å². The number of halogens is 1. The fraction of sp³-hybridized carbons (Fsp3) is 0.429. The first-order valence-electron chi connectivity index (χ1n) is 5.55. The van der Waals surface area contributed by atoms with Gasteiger partial charge in [-0.1, -0.05) is 41.4 Å². The minimum atomic E-state index is 0.148. The fourth-order valence-corrected chi connectivity index (χ4v) is 1.50. The van der Waals surface area contributed by atoms with Crippen LogP contribution in [-0.4, -0.2) is 12.1 Å². The molecule has 0 amide bonds. The molecule has 1 rings (SSSR count). The molecular weight excluding hydrogens is 218 g/mol. The minimum Gasteiger partial charge on any atom is -0.308 e. The normalized spacial score (nSPS) is 12.9. The van der Waals surface area contributed by atoms with Gasteiger partial charge in [-0.05, 0) is 39.3 Å². The monoisotopic (exact) mass is 237 g/mol. The van der Waals surface area contributed by atoms with E-state index < -0.39 is 0 Å². The maximum absolute atomic E-state index is 6.09. The lowest BCUT2D eigenvalue weighted by Gasteiger charge is -2.20. The molecule has 0 radical (unpaired) electrons. The van der Waals surface area contributed by atoms with Crippen LogP contribution in [0.1, 0.15) is 33.3 Å². The van der Waals surface area contributed by atoms with Gasteiger partial charge in [-0.15, -0.1) is 0 Å². The molecular formula is C14H20ClN. The van der Waals surface area contributed by atoms with Gasteiger partial charge in [-0.2, -0.15) is 0 Å². The molecule has 1 N–H and O–H groups in total. The smallest absolute Gasteiger partial charge is 0.0478 e. The van der Waals surface area contributed by atoms with Crippen molar-refractivity contribution in [3.05, 3.63) is 40.4 Å². The summed E-state index contributed by atoms with van der Waals surface area (Å²) in [6.07, 6.45) is 2.13. The molecule has 0 heterocycles. The first kappa shape index (κ1) is 13.3. The van der Waals surface area contributed by atoms with Crippen LogP contribution in [0.3, 0.4) is 0 Å². The predicted molar refractivity (Wildman–Crippen MR) is 72.9 cm³/mol. The summed E-state index contributed by atoms with van der Waals surface area (Å²) in [5, 5.41) is 4.25. The van der Waals surface area contributed by atoms with Gasteiger partial charge in [0.2, 0.25) is 0 Å². The summed E-state index contributed by atoms with van der Waals surface area (Å²) in [4.78, 5) is 0. The predicted octanol–water partition coefficient (Wildman–Crippen LogP) is 4.13. The van der Waals surface area contributed by atoms with Crippen LogP contribution in [0.4, 0.5) is 0 Å². The first-order valence-corrected chi connectivity index (χ1v) is 5.93. The second-order valence-corrected chi connectivity index (χ2v) is 5.52. The van der Waals surface area contributed by atoms with Gasteiger partial charge in [-0.3, -0.25) is 0 Å². The van der Waals surface area contributed by atoms with E-state index in [1.807, 2.05) is 24.3 Å². The largest absolute Gasteiger partial charge is 0.308 e. The lowest BCUT2D eigenvalue weighted by molar-refractivity contribution is 0.445. The van der Waals surface area contributed by atoms with Gasteiger partial charge in [-0.25, -0.2) is 0 Å². The van der Waals surface area contributed by atoms with Crippen molar-refractivity contribution in [2.75, 3.05) is 6.54 Å². The first-order chi connectivity index (χ1) is 7.38. The molecule has 88 valence electrons. The zero-order chi connectivity index (χ0) is 12.2. The Morgan fingerprint density at radius 1 is 1.31 bits per heavy atom. The minimum absolute atomic E-state index is 0.148. The zero-order valence-corrected chi connectivity index (χ0v) is 11.2. The molecule has 0 bridgehead atoms. The van der Waals surface area contributed by atoms with Crippen molar-refractivity contribution in [3.63, 3.8) is 0 Å². The van der Waals surface area contributed by atoms with Crippen LogP contribution in [0, 0.1) is 0 Å². The van der Waals surface area contributed by atoms with Gasteiger partial charge in [0.1, 0.15) is 0 Å². The van der Waals surface area contributed by atoms with Crippen LogP contribution in [0.25, 0.3) is 6.08 Å². The van der Waals surface area contributed by atoms with Crippen molar-refractivity contribution in [3.8, 4) is 0 Å². The van der Waals surface area contributed by atoms with Crippen molar-refractivity contribution in [2.24, 2.45) is 0 Å². The van der Waals surface area contributed by atoms with Crippen LogP contribution in [0.2, 0.25) is 5.02 Å². The summed E-state index contributed by atoms with van der Waals surface area (Å²) in [5.74, 6) is 0. The highest BCUT2D eigenvalue weighted by molar-refractivity contribution is 6.32. The number of benzene rings is 1. The van der Waals surface area contributed by atoms with Crippen molar-refractivity contribution in [2.45, 2.75) is 33.2 Å². The van der Waals surface area contributed by atoms with E-state index >= 15 is 0 Å². The molecule has 1 nitrogen and oxygen atoms in total. The third kappa shape index (κ3) is 4.82.